The van der Waals surface area contributed by atoms with Crippen molar-refractivity contribution in [3.63, 3.8) is 0 Å². The highest BCUT2D eigenvalue weighted by Gasteiger charge is 2.46. The zero-order valence-electron chi connectivity index (χ0n) is 12.5. The Balaban J connectivity index is 2.13. The smallest absolute Gasteiger partial charge is 0.246 e. The van der Waals surface area contributed by atoms with Crippen LogP contribution in [0.1, 0.15) is 47.0 Å². The number of hydrogen-bond donors (Lipinski definition) is 1. The van der Waals surface area contributed by atoms with Gasteiger partial charge in [-0.25, -0.2) is 0 Å². The van der Waals surface area contributed by atoms with Crippen molar-refractivity contribution in [2.45, 2.75) is 59.0 Å². The van der Waals surface area contributed by atoms with Gasteiger partial charge < -0.3 is 10.2 Å². The zero-order valence-corrected chi connectivity index (χ0v) is 12.5. The van der Waals surface area contributed by atoms with Crippen LogP contribution >= 0.6 is 0 Å². The minimum atomic E-state index is -0.274. The van der Waals surface area contributed by atoms with E-state index >= 15 is 0 Å². The second-order valence-electron chi connectivity index (χ2n) is 6.46. The number of piperazine rings is 1. The summed E-state index contributed by atoms with van der Waals surface area (Å²) < 4.78 is 0. The van der Waals surface area contributed by atoms with Crippen molar-refractivity contribution >= 4 is 11.8 Å². The van der Waals surface area contributed by atoms with E-state index in [2.05, 4.69) is 26.1 Å². The third kappa shape index (κ3) is 2.93. The van der Waals surface area contributed by atoms with Crippen LogP contribution in [0.25, 0.3) is 0 Å². The second-order valence-corrected chi connectivity index (χ2v) is 6.46. The largest absolute Gasteiger partial charge is 0.342 e. The molecule has 4 nitrogen and oxygen atoms in total. The van der Waals surface area contributed by atoms with Gasteiger partial charge in [-0.1, -0.05) is 27.7 Å². The molecule has 1 saturated heterocycles. The van der Waals surface area contributed by atoms with Crippen LogP contribution in [0.15, 0.2) is 0 Å². The molecule has 0 bridgehead atoms. The molecular weight excluding hydrogens is 240 g/mol. The number of rotatable bonds is 5. The fraction of sp³-hybridized carbons (Fsp3) is 0.867. The second kappa shape index (κ2) is 5.51. The molecule has 0 aromatic heterocycles. The molecule has 1 saturated carbocycles. The molecule has 108 valence electrons. The molecule has 0 spiro atoms. The van der Waals surface area contributed by atoms with Crippen molar-refractivity contribution in [3.8, 4) is 0 Å². The van der Waals surface area contributed by atoms with Crippen LogP contribution in [0.3, 0.4) is 0 Å². The summed E-state index contributed by atoms with van der Waals surface area (Å²) in [7, 11) is 0. The summed E-state index contributed by atoms with van der Waals surface area (Å²) in [6, 6.07) is -0.529. The first kappa shape index (κ1) is 14.4. The predicted octanol–water partition coefficient (Wildman–Crippen LogP) is 1.79. The molecule has 1 N–H and O–H groups in total. The van der Waals surface area contributed by atoms with E-state index in [1.807, 2.05) is 11.8 Å². The summed E-state index contributed by atoms with van der Waals surface area (Å²) in [6.07, 6.45) is 2.84. The Morgan fingerprint density at radius 2 is 1.89 bits per heavy atom. The number of nitrogens with zero attached hydrogens (tertiary/aromatic N) is 1. The minimum Gasteiger partial charge on any atom is -0.342 e. The van der Waals surface area contributed by atoms with Crippen molar-refractivity contribution in [2.75, 3.05) is 6.54 Å². The van der Waals surface area contributed by atoms with Crippen molar-refractivity contribution in [2.24, 2.45) is 17.8 Å². The Kier molecular flexibility index (Phi) is 4.16. The van der Waals surface area contributed by atoms with Gasteiger partial charge in [-0.3, -0.25) is 9.59 Å². The summed E-state index contributed by atoms with van der Waals surface area (Å²) in [5, 5.41) is 2.93. The quantitative estimate of drug-likeness (QED) is 0.825. The van der Waals surface area contributed by atoms with Gasteiger partial charge in [0, 0.05) is 6.54 Å². The fourth-order valence-electron chi connectivity index (χ4n) is 2.68. The summed E-state index contributed by atoms with van der Waals surface area (Å²) >= 11 is 0. The summed E-state index contributed by atoms with van der Waals surface area (Å²) in [5.41, 5.74) is 0. The lowest BCUT2D eigenvalue weighted by atomic mass is 9.94. The van der Waals surface area contributed by atoms with Gasteiger partial charge in [0.25, 0.3) is 0 Å². The maximum Gasteiger partial charge on any atom is 0.246 e. The Morgan fingerprint density at radius 1 is 1.26 bits per heavy atom. The van der Waals surface area contributed by atoms with Crippen molar-refractivity contribution < 1.29 is 9.59 Å². The number of nitrogens with one attached hydrogen (secondary N) is 1. The van der Waals surface area contributed by atoms with Crippen molar-refractivity contribution in [1.82, 2.24) is 10.2 Å². The van der Waals surface area contributed by atoms with Gasteiger partial charge in [0.1, 0.15) is 12.1 Å². The molecule has 0 aromatic rings. The van der Waals surface area contributed by atoms with Gasteiger partial charge >= 0.3 is 0 Å². The van der Waals surface area contributed by atoms with Crippen LogP contribution in [0, 0.1) is 17.8 Å². The Hall–Kier alpha value is -1.06. The van der Waals surface area contributed by atoms with Crippen LogP contribution in [-0.4, -0.2) is 35.3 Å². The third-order valence-electron chi connectivity index (χ3n) is 4.63. The van der Waals surface area contributed by atoms with Gasteiger partial charge in [0.2, 0.25) is 11.8 Å². The molecule has 1 aliphatic carbocycles. The molecule has 3 atom stereocenters. The normalized spacial score (nSPS) is 29.6. The molecule has 2 amide bonds. The zero-order chi connectivity index (χ0) is 14.2. The SMILES string of the molecule is CCC1C(=O)NC(C2CC2)C(=O)N1CC(C)C(C)C. The third-order valence-corrected chi connectivity index (χ3v) is 4.63. The van der Waals surface area contributed by atoms with E-state index in [4.69, 9.17) is 0 Å². The first-order chi connectivity index (χ1) is 8.95. The Morgan fingerprint density at radius 3 is 2.37 bits per heavy atom. The molecular formula is C15H26N2O2. The predicted molar refractivity (Wildman–Crippen MR) is 74.4 cm³/mol. The maximum absolute atomic E-state index is 12.6. The molecule has 19 heavy (non-hydrogen) atoms. The van der Waals surface area contributed by atoms with Gasteiger partial charge in [-0.05, 0) is 37.0 Å². The van der Waals surface area contributed by atoms with Gasteiger partial charge in [0.05, 0.1) is 0 Å². The number of hydrogen-bond acceptors (Lipinski definition) is 2. The van der Waals surface area contributed by atoms with Crippen LogP contribution in [0.5, 0.6) is 0 Å². The lowest BCUT2D eigenvalue weighted by molar-refractivity contribution is -0.151. The number of carbonyl (C=O) groups is 2. The lowest BCUT2D eigenvalue weighted by Gasteiger charge is -2.40. The van der Waals surface area contributed by atoms with Crippen molar-refractivity contribution in [1.29, 1.82) is 0 Å². The van der Waals surface area contributed by atoms with Crippen LogP contribution in [0.4, 0.5) is 0 Å². The lowest BCUT2D eigenvalue weighted by Crippen LogP contribution is -2.64. The standard InChI is InChI=1S/C15H26N2O2/c1-5-12-14(18)16-13(11-6-7-11)15(19)17(12)8-10(4)9(2)3/h9-13H,5-8H2,1-4H3,(H,16,18). The van der Waals surface area contributed by atoms with E-state index in [0.717, 1.165) is 12.8 Å². The molecule has 4 heteroatoms. The highest BCUT2D eigenvalue weighted by molar-refractivity contribution is 5.97. The molecule has 1 aliphatic heterocycles. The average Bonchev–Trinajstić information content (AvgIpc) is 3.17. The van der Waals surface area contributed by atoms with E-state index < -0.39 is 0 Å². The molecule has 1 heterocycles. The summed E-state index contributed by atoms with van der Waals surface area (Å²) in [5.74, 6) is 1.50. The first-order valence-corrected chi connectivity index (χ1v) is 7.56. The highest BCUT2D eigenvalue weighted by Crippen LogP contribution is 2.35. The summed E-state index contributed by atoms with van der Waals surface area (Å²) in [4.78, 5) is 26.6. The molecule has 3 unspecified atom stereocenters. The molecule has 2 fully saturated rings. The van der Waals surface area contributed by atoms with E-state index in [9.17, 15) is 9.59 Å². The molecule has 2 aliphatic rings. The van der Waals surface area contributed by atoms with E-state index in [0.29, 0.717) is 30.7 Å². The topological polar surface area (TPSA) is 49.4 Å². The van der Waals surface area contributed by atoms with E-state index in [-0.39, 0.29) is 23.9 Å². The molecule has 2 rings (SSSR count). The number of amides is 2. The minimum absolute atomic E-state index is 0.0370. The monoisotopic (exact) mass is 266 g/mol. The van der Waals surface area contributed by atoms with Gasteiger partial charge in [-0.2, -0.15) is 0 Å². The Bertz CT molecular complexity index is 363. The average molecular weight is 266 g/mol. The first-order valence-electron chi connectivity index (χ1n) is 7.56. The highest BCUT2D eigenvalue weighted by atomic mass is 16.2. The Labute approximate surface area is 115 Å². The molecule has 0 radical (unpaired) electrons. The van der Waals surface area contributed by atoms with E-state index in [1.165, 1.54) is 0 Å². The van der Waals surface area contributed by atoms with Gasteiger partial charge in [-0.15, -0.1) is 0 Å². The maximum atomic E-state index is 12.6. The van der Waals surface area contributed by atoms with Crippen molar-refractivity contribution in [3.05, 3.63) is 0 Å². The van der Waals surface area contributed by atoms with E-state index in [1.54, 1.807) is 0 Å². The van der Waals surface area contributed by atoms with Crippen LogP contribution < -0.4 is 5.32 Å². The number of carbonyl (C=O) groups excluding carboxylic acids is 2. The molecule has 0 aromatic carbocycles. The summed E-state index contributed by atoms with van der Waals surface area (Å²) in [6.45, 7) is 9.16. The fourth-order valence-corrected chi connectivity index (χ4v) is 2.68. The van der Waals surface area contributed by atoms with Gasteiger partial charge in [0.15, 0.2) is 0 Å². The van der Waals surface area contributed by atoms with Crippen LogP contribution in [0.2, 0.25) is 0 Å². The van der Waals surface area contributed by atoms with Crippen LogP contribution in [-0.2, 0) is 9.59 Å².